The topological polar surface area (TPSA) is 38.3 Å². The molecule has 0 aliphatic rings. The fourth-order valence-corrected chi connectivity index (χ4v) is 1.47. The first-order valence-corrected chi connectivity index (χ1v) is 5.34. The maximum Gasteiger partial charge on any atom is 0.251 e. The van der Waals surface area contributed by atoms with E-state index >= 15 is 0 Å². The van der Waals surface area contributed by atoms with Gasteiger partial charge in [-0.2, -0.15) is 0 Å². The van der Waals surface area contributed by atoms with Crippen LogP contribution in [-0.4, -0.2) is 13.0 Å². The van der Waals surface area contributed by atoms with Gasteiger partial charge in [-0.15, -0.1) is 0 Å². The van der Waals surface area contributed by atoms with Crippen molar-refractivity contribution in [2.75, 3.05) is 7.05 Å². The second-order valence-electron chi connectivity index (χ2n) is 3.52. The largest absolute Gasteiger partial charge is 0.457 e. The molecule has 2 aromatic rings. The number of nitrogens with one attached hydrogen (secondary N) is 1. The molecule has 0 heterocycles. The molecule has 1 amide bonds. The SMILES string of the molecule is CNC(=O)c1cccc(Oc2ccccc2)c1. The molecule has 0 unspecified atom stereocenters. The van der Waals surface area contributed by atoms with Gasteiger partial charge in [-0.1, -0.05) is 24.3 Å². The minimum Gasteiger partial charge on any atom is -0.457 e. The van der Waals surface area contributed by atoms with Crippen molar-refractivity contribution in [3.05, 3.63) is 60.2 Å². The molecule has 0 saturated carbocycles. The fourth-order valence-electron chi connectivity index (χ4n) is 1.47. The van der Waals surface area contributed by atoms with Gasteiger partial charge >= 0.3 is 0 Å². The van der Waals surface area contributed by atoms with Crippen LogP contribution in [0, 0.1) is 0 Å². The van der Waals surface area contributed by atoms with E-state index in [1.165, 1.54) is 0 Å². The van der Waals surface area contributed by atoms with E-state index in [0.717, 1.165) is 5.75 Å². The molecule has 0 saturated heterocycles. The molecule has 2 rings (SSSR count). The summed E-state index contributed by atoms with van der Waals surface area (Å²) >= 11 is 0. The van der Waals surface area contributed by atoms with Gasteiger partial charge in [0, 0.05) is 12.6 Å². The second-order valence-corrected chi connectivity index (χ2v) is 3.52. The maximum atomic E-state index is 11.5. The summed E-state index contributed by atoms with van der Waals surface area (Å²) in [5.74, 6) is 1.28. The Morgan fingerprint density at radius 3 is 2.41 bits per heavy atom. The second kappa shape index (κ2) is 5.16. The molecule has 3 heteroatoms. The quantitative estimate of drug-likeness (QED) is 0.875. The molecule has 1 N–H and O–H groups in total. The summed E-state index contributed by atoms with van der Waals surface area (Å²) in [5.41, 5.74) is 0.584. The lowest BCUT2D eigenvalue weighted by Gasteiger charge is -2.06. The van der Waals surface area contributed by atoms with Crippen molar-refractivity contribution >= 4 is 5.91 Å². The number of benzene rings is 2. The summed E-state index contributed by atoms with van der Waals surface area (Å²) in [6, 6.07) is 16.5. The molecule has 0 aliphatic heterocycles. The Kier molecular flexibility index (Phi) is 3.40. The minimum absolute atomic E-state index is 0.122. The molecule has 0 spiro atoms. The van der Waals surface area contributed by atoms with Crippen molar-refractivity contribution in [1.82, 2.24) is 5.32 Å². The lowest BCUT2D eigenvalue weighted by atomic mass is 10.2. The number of carbonyl (C=O) groups is 1. The van der Waals surface area contributed by atoms with Crippen molar-refractivity contribution in [2.45, 2.75) is 0 Å². The predicted molar refractivity (Wildman–Crippen MR) is 66.3 cm³/mol. The molecule has 0 aromatic heterocycles. The van der Waals surface area contributed by atoms with Crippen LogP contribution in [0.1, 0.15) is 10.4 Å². The van der Waals surface area contributed by atoms with Gasteiger partial charge < -0.3 is 10.1 Å². The molecule has 2 aromatic carbocycles. The van der Waals surface area contributed by atoms with Crippen molar-refractivity contribution in [1.29, 1.82) is 0 Å². The maximum absolute atomic E-state index is 11.5. The van der Waals surface area contributed by atoms with Crippen LogP contribution in [-0.2, 0) is 0 Å². The molecular formula is C14H13NO2. The Morgan fingerprint density at radius 2 is 1.71 bits per heavy atom. The van der Waals surface area contributed by atoms with Crippen molar-refractivity contribution in [2.24, 2.45) is 0 Å². The van der Waals surface area contributed by atoms with E-state index in [1.807, 2.05) is 36.4 Å². The zero-order valence-electron chi connectivity index (χ0n) is 9.51. The Balaban J connectivity index is 2.20. The van der Waals surface area contributed by atoms with Gasteiger partial charge in [-0.25, -0.2) is 0 Å². The van der Waals surface area contributed by atoms with E-state index in [4.69, 9.17) is 4.74 Å². The third-order valence-corrected chi connectivity index (χ3v) is 2.30. The van der Waals surface area contributed by atoms with E-state index in [2.05, 4.69) is 5.32 Å². The smallest absolute Gasteiger partial charge is 0.251 e. The summed E-state index contributed by atoms with van der Waals surface area (Å²) in [5, 5.41) is 2.58. The zero-order valence-corrected chi connectivity index (χ0v) is 9.51. The Bertz CT molecular complexity index is 509. The van der Waals surface area contributed by atoms with Gasteiger partial charge in [-0.05, 0) is 30.3 Å². The van der Waals surface area contributed by atoms with E-state index in [1.54, 1.807) is 25.2 Å². The van der Waals surface area contributed by atoms with E-state index in [0.29, 0.717) is 11.3 Å². The summed E-state index contributed by atoms with van der Waals surface area (Å²) < 4.78 is 5.63. The highest BCUT2D eigenvalue weighted by Gasteiger charge is 2.04. The van der Waals surface area contributed by atoms with Crippen LogP contribution in [0.5, 0.6) is 11.5 Å². The average molecular weight is 227 g/mol. The number of para-hydroxylation sites is 1. The van der Waals surface area contributed by atoms with Crippen LogP contribution in [0.15, 0.2) is 54.6 Å². The normalized spacial score (nSPS) is 9.71. The fraction of sp³-hybridized carbons (Fsp3) is 0.0714. The van der Waals surface area contributed by atoms with Crippen molar-refractivity contribution < 1.29 is 9.53 Å². The molecule has 0 fully saturated rings. The standard InChI is InChI=1S/C14H13NO2/c1-15-14(16)11-6-5-9-13(10-11)17-12-7-3-2-4-8-12/h2-10H,1H3,(H,15,16). The molecular weight excluding hydrogens is 214 g/mol. The molecule has 17 heavy (non-hydrogen) atoms. The number of hydrogen-bond donors (Lipinski definition) is 1. The highest BCUT2D eigenvalue weighted by atomic mass is 16.5. The van der Waals surface area contributed by atoms with Crippen LogP contribution < -0.4 is 10.1 Å². The third-order valence-electron chi connectivity index (χ3n) is 2.30. The van der Waals surface area contributed by atoms with Crippen LogP contribution >= 0.6 is 0 Å². The molecule has 0 aliphatic carbocycles. The van der Waals surface area contributed by atoms with Crippen LogP contribution in [0.4, 0.5) is 0 Å². The molecule has 0 bridgehead atoms. The van der Waals surface area contributed by atoms with Gasteiger partial charge in [0.05, 0.1) is 0 Å². The first-order valence-electron chi connectivity index (χ1n) is 5.34. The number of ether oxygens (including phenoxy) is 1. The predicted octanol–water partition coefficient (Wildman–Crippen LogP) is 2.84. The number of rotatable bonds is 3. The highest BCUT2D eigenvalue weighted by molar-refractivity contribution is 5.94. The van der Waals surface area contributed by atoms with Crippen LogP contribution in [0.25, 0.3) is 0 Å². The van der Waals surface area contributed by atoms with Gasteiger partial charge in [0.15, 0.2) is 0 Å². The number of carbonyl (C=O) groups excluding carboxylic acids is 1. The van der Waals surface area contributed by atoms with Gasteiger partial charge in [0.25, 0.3) is 5.91 Å². The number of amides is 1. The van der Waals surface area contributed by atoms with Crippen molar-refractivity contribution in [3.63, 3.8) is 0 Å². The molecule has 3 nitrogen and oxygen atoms in total. The summed E-state index contributed by atoms with van der Waals surface area (Å²) in [6.45, 7) is 0. The Hall–Kier alpha value is -2.29. The van der Waals surface area contributed by atoms with Crippen molar-refractivity contribution in [3.8, 4) is 11.5 Å². The lowest BCUT2D eigenvalue weighted by Crippen LogP contribution is -2.17. The monoisotopic (exact) mass is 227 g/mol. The van der Waals surface area contributed by atoms with E-state index in [9.17, 15) is 4.79 Å². The zero-order chi connectivity index (χ0) is 12.1. The Labute approximate surface area is 100 Å². The third kappa shape index (κ3) is 2.84. The highest BCUT2D eigenvalue weighted by Crippen LogP contribution is 2.21. The van der Waals surface area contributed by atoms with Crippen LogP contribution in [0.3, 0.4) is 0 Å². The van der Waals surface area contributed by atoms with Crippen LogP contribution in [0.2, 0.25) is 0 Å². The van der Waals surface area contributed by atoms with Gasteiger partial charge in [-0.3, -0.25) is 4.79 Å². The van der Waals surface area contributed by atoms with Gasteiger partial charge in [0.2, 0.25) is 0 Å². The summed E-state index contributed by atoms with van der Waals surface area (Å²) in [7, 11) is 1.60. The summed E-state index contributed by atoms with van der Waals surface area (Å²) in [6.07, 6.45) is 0. The Morgan fingerprint density at radius 1 is 1.00 bits per heavy atom. The first kappa shape index (κ1) is 11.2. The van der Waals surface area contributed by atoms with E-state index < -0.39 is 0 Å². The minimum atomic E-state index is -0.122. The average Bonchev–Trinajstić information content (AvgIpc) is 2.39. The first-order chi connectivity index (χ1) is 8.29. The lowest BCUT2D eigenvalue weighted by molar-refractivity contribution is 0.0963. The van der Waals surface area contributed by atoms with E-state index in [-0.39, 0.29) is 5.91 Å². The summed E-state index contributed by atoms with van der Waals surface area (Å²) in [4.78, 5) is 11.5. The molecule has 0 atom stereocenters. The molecule has 86 valence electrons. The molecule has 0 radical (unpaired) electrons. The number of hydrogen-bond acceptors (Lipinski definition) is 2. The van der Waals surface area contributed by atoms with Gasteiger partial charge in [0.1, 0.15) is 11.5 Å².